The normalized spacial score (nSPS) is 12.6. The third-order valence-corrected chi connectivity index (χ3v) is 6.31. The van der Waals surface area contributed by atoms with Crippen LogP contribution in [0, 0.1) is 12.7 Å². The molecule has 0 radical (unpaired) electrons. The molecule has 2 aromatic carbocycles. The van der Waals surface area contributed by atoms with Gasteiger partial charge in [-0.15, -0.1) is 22.0 Å². The highest BCUT2D eigenvalue weighted by Gasteiger charge is 2.34. The lowest BCUT2D eigenvalue weighted by molar-refractivity contribution is -0.144. The minimum atomic E-state index is -4.75. The van der Waals surface area contributed by atoms with Crippen molar-refractivity contribution < 1.29 is 32.2 Å². The van der Waals surface area contributed by atoms with Crippen LogP contribution in [0.15, 0.2) is 41.3 Å². The number of aliphatic carboxylic acids is 1. The fourth-order valence-electron chi connectivity index (χ4n) is 2.54. The molecule has 0 amide bonds. The van der Waals surface area contributed by atoms with E-state index in [0.717, 1.165) is 16.5 Å². The number of aryl methyl sites for hydroxylation is 1. The second kappa shape index (κ2) is 9.23. The lowest BCUT2D eigenvalue weighted by Gasteiger charge is -2.13. The smallest absolute Gasteiger partial charge is 0.419 e. The van der Waals surface area contributed by atoms with E-state index in [2.05, 4.69) is 10.2 Å². The maximum absolute atomic E-state index is 13.8. The van der Waals surface area contributed by atoms with Crippen molar-refractivity contribution in [2.75, 3.05) is 0 Å². The molecule has 3 aromatic rings. The van der Waals surface area contributed by atoms with Crippen LogP contribution in [-0.4, -0.2) is 27.4 Å². The van der Waals surface area contributed by atoms with E-state index in [4.69, 9.17) is 9.84 Å². The number of hydrogen-bond donors (Lipinski definition) is 1. The molecule has 0 saturated heterocycles. The SMILES string of the molecule is Cc1cc(SCc2nnc(-c3ccc(C(F)(F)F)c(F)c3)s2)ccc1OC(C)C(=O)O. The molecule has 0 aliphatic heterocycles. The van der Waals surface area contributed by atoms with Gasteiger partial charge in [0.2, 0.25) is 0 Å². The highest BCUT2D eigenvalue weighted by molar-refractivity contribution is 7.98. The molecule has 1 atom stereocenters. The minimum Gasteiger partial charge on any atom is -0.479 e. The van der Waals surface area contributed by atoms with E-state index in [1.54, 1.807) is 19.1 Å². The molecule has 31 heavy (non-hydrogen) atoms. The standard InChI is InChI=1S/C20H16F4N2O3S2/c1-10-7-13(4-6-16(10)29-11(2)19(27)28)30-9-17-25-26-18(31-17)12-3-5-14(15(21)8-12)20(22,23)24/h3-8,11H,9H2,1-2H3,(H,27,28). The van der Waals surface area contributed by atoms with Crippen LogP contribution in [0.3, 0.4) is 0 Å². The molecular weight excluding hydrogens is 456 g/mol. The first-order valence-electron chi connectivity index (χ1n) is 8.87. The van der Waals surface area contributed by atoms with Crippen molar-refractivity contribution in [3.8, 4) is 16.3 Å². The minimum absolute atomic E-state index is 0.226. The molecule has 1 aromatic heterocycles. The quantitative estimate of drug-likeness (QED) is 0.345. The van der Waals surface area contributed by atoms with Crippen LogP contribution in [0.1, 0.15) is 23.1 Å². The zero-order valence-electron chi connectivity index (χ0n) is 16.2. The Morgan fingerprint density at radius 1 is 1.23 bits per heavy atom. The number of nitrogens with zero attached hydrogens (tertiary/aromatic N) is 2. The van der Waals surface area contributed by atoms with Gasteiger partial charge in [-0.1, -0.05) is 17.4 Å². The summed E-state index contributed by atoms with van der Waals surface area (Å²) in [4.78, 5) is 11.8. The molecule has 5 nitrogen and oxygen atoms in total. The number of aromatic nitrogens is 2. The number of hydrogen-bond acceptors (Lipinski definition) is 6. The van der Waals surface area contributed by atoms with Gasteiger partial charge in [-0.3, -0.25) is 0 Å². The number of ether oxygens (including phenoxy) is 1. The third kappa shape index (κ3) is 5.73. The molecule has 1 heterocycles. The summed E-state index contributed by atoms with van der Waals surface area (Å²) in [6.07, 6.45) is -5.72. The fourth-order valence-corrected chi connectivity index (χ4v) is 4.35. The van der Waals surface area contributed by atoms with Crippen LogP contribution < -0.4 is 4.74 Å². The molecule has 0 aliphatic rings. The van der Waals surface area contributed by atoms with Crippen molar-refractivity contribution in [1.29, 1.82) is 0 Å². The van der Waals surface area contributed by atoms with Gasteiger partial charge in [0.05, 0.1) is 11.3 Å². The number of carbonyl (C=O) groups is 1. The van der Waals surface area contributed by atoms with Crippen LogP contribution >= 0.6 is 23.1 Å². The van der Waals surface area contributed by atoms with E-state index in [9.17, 15) is 22.4 Å². The van der Waals surface area contributed by atoms with Crippen LogP contribution in [-0.2, 0) is 16.7 Å². The van der Waals surface area contributed by atoms with Crippen LogP contribution in [0.2, 0.25) is 0 Å². The number of carboxylic acid groups (broad SMARTS) is 1. The van der Waals surface area contributed by atoms with Crippen molar-refractivity contribution in [3.05, 3.63) is 58.3 Å². The van der Waals surface area contributed by atoms with E-state index in [0.29, 0.717) is 27.6 Å². The van der Waals surface area contributed by atoms with E-state index < -0.39 is 29.6 Å². The first kappa shape index (κ1) is 23.0. The Morgan fingerprint density at radius 2 is 1.97 bits per heavy atom. The number of rotatable bonds is 7. The number of thioether (sulfide) groups is 1. The molecule has 164 valence electrons. The highest BCUT2D eigenvalue weighted by Crippen LogP contribution is 2.35. The van der Waals surface area contributed by atoms with Gasteiger partial charge in [-0.05, 0) is 49.7 Å². The summed E-state index contributed by atoms with van der Waals surface area (Å²) < 4.78 is 57.3. The zero-order valence-corrected chi connectivity index (χ0v) is 17.9. The lowest BCUT2D eigenvalue weighted by Crippen LogP contribution is -2.23. The Bertz CT molecular complexity index is 1100. The number of carboxylic acids is 1. The fraction of sp³-hybridized carbons (Fsp3) is 0.250. The molecule has 1 unspecified atom stereocenters. The number of alkyl halides is 3. The van der Waals surface area contributed by atoms with Gasteiger partial charge in [0.25, 0.3) is 0 Å². The monoisotopic (exact) mass is 472 g/mol. The highest BCUT2D eigenvalue weighted by atomic mass is 32.2. The summed E-state index contributed by atoms with van der Waals surface area (Å²) in [5, 5.41) is 17.8. The summed E-state index contributed by atoms with van der Waals surface area (Å²) in [6, 6.07) is 7.99. The number of halogens is 4. The Labute approximate surface area is 183 Å². The van der Waals surface area contributed by atoms with Gasteiger partial charge in [-0.2, -0.15) is 13.2 Å². The van der Waals surface area contributed by atoms with E-state index in [1.807, 2.05) is 6.07 Å². The van der Waals surface area contributed by atoms with Gasteiger partial charge in [0, 0.05) is 10.5 Å². The average molecular weight is 472 g/mol. The Balaban J connectivity index is 1.66. The van der Waals surface area contributed by atoms with Gasteiger partial charge in [0.15, 0.2) is 6.10 Å². The molecule has 0 bridgehead atoms. The predicted octanol–water partition coefficient (Wildman–Crippen LogP) is 5.82. The maximum atomic E-state index is 13.8. The molecule has 3 rings (SSSR count). The molecule has 11 heteroatoms. The van der Waals surface area contributed by atoms with Gasteiger partial charge in [-0.25, -0.2) is 9.18 Å². The van der Waals surface area contributed by atoms with E-state index >= 15 is 0 Å². The van der Waals surface area contributed by atoms with E-state index in [-0.39, 0.29) is 5.56 Å². The zero-order chi connectivity index (χ0) is 22.8. The van der Waals surface area contributed by atoms with Crippen molar-refractivity contribution >= 4 is 29.1 Å². The van der Waals surface area contributed by atoms with Gasteiger partial charge >= 0.3 is 12.1 Å². The second-order valence-electron chi connectivity index (χ2n) is 6.51. The summed E-state index contributed by atoms with van der Waals surface area (Å²) in [5.74, 6) is -1.49. The average Bonchev–Trinajstić information content (AvgIpc) is 3.16. The molecule has 0 aliphatic carbocycles. The van der Waals surface area contributed by atoms with Gasteiger partial charge < -0.3 is 9.84 Å². The molecule has 0 fully saturated rings. The first-order chi connectivity index (χ1) is 14.5. The Morgan fingerprint density at radius 3 is 2.58 bits per heavy atom. The van der Waals surface area contributed by atoms with Crippen molar-refractivity contribution in [2.24, 2.45) is 0 Å². The largest absolute Gasteiger partial charge is 0.479 e. The summed E-state index contributed by atoms with van der Waals surface area (Å²) >= 11 is 2.62. The van der Waals surface area contributed by atoms with Crippen LogP contribution in [0.25, 0.3) is 10.6 Å². The topological polar surface area (TPSA) is 72.3 Å². The lowest BCUT2D eigenvalue weighted by atomic mass is 10.1. The molecule has 0 saturated carbocycles. The molecular formula is C20H16F4N2O3S2. The predicted molar refractivity (Wildman–Crippen MR) is 109 cm³/mol. The third-order valence-electron chi connectivity index (χ3n) is 4.15. The van der Waals surface area contributed by atoms with Crippen molar-refractivity contribution in [2.45, 2.75) is 36.8 Å². The summed E-state index contributed by atoms with van der Waals surface area (Å²) in [6.45, 7) is 3.25. The first-order valence-corrected chi connectivity index (χ1v) is 10.7. The van der Waals surface area contributed by atoms with Crippen LogP contribution in [0.4, 0.5) is 17.6 Å². The molecule has 0 spiro atoms. The van der Waals surface area contributed by atoms with Gasteiger partial charge in [0.1, 0.15) is 21.6 Å². The number of benzene rings is 2. The molecule has 1 N–H and O–H groups in total. The second-order valence-corrected chi connectivity index (χ2v) is 8.62. The summed E-state index contributed by atoms with van der Waals surface area (Å²) in [7, 11) is 0. The van der Waals surface area contributed by atoms with Crippen LogP contribution in [0.5, 0.6) is 5.75 Å². The summed E-state index contributed by atoms with van der Waals surface area (Å²) in [5.41, 5.74) is -0.322. The Hall–Kier alpha value is -2.66. The van der Waals surface area contributed by atoms with Crippen molar-refractivity contribution in [3.63, 3.8) is 0 Å². The van der Waals surface area contributed by atoms with E-state index in [1.165, 1.54) is 36.1 Å². The van der Waals surface area contributed by atoms with Crippen molar-refractivity contribution in [1.82, 2.24) is 10.2 Å². The maximum Gasteiger partial charge on any atom is 0.419 e. The Kier molecular flexibility index (Phi) is 6.85.